The molecule has 0 saturated heterocycles. The molecule has 0 fully saturated rings. The minimum Gasteiger partial charge on any atom is -0.300 e. The minimum absolute atomic E-state index is 0.208. The summed E-state index contributed by atoms with van der Waals surface area (Å²) in [5.41, 5.74) is 0. The van der Waals surface area contributed by atoms with Crippen molar-refractivity contribution in [3.05, 3.63) is 0 Å². The van der Waals surface area contributed by atoms with Crippen molar-refractivity contribution in [1.82, 2.24) is 4.72 Å². The first-order chi connectivity index (χ1) is 6.14. The van der Waals surface area contributed by atoms with E-state index in [1.807, 2.05) is 4.72 Å². The molecule has 84 valence electrons. The maximum atomic E-state index is 10.6. The van der Waals surface area contributed by atoms with E-state index in [1.165, 1.54) is 0 Å². The summed E-state index contributed by atoms with van der Waals surface area (Å²) < 4.78 is 48.5. The number of rotatable bonds is 6. The maximum Gasteiger partial charge on any atom is 0.265 e. The van der Waals surface area contributed by atoms with Crippen LogP contribution in [0.1, 0.15) is 0 Å². The summed E-state index contributed by atoms with van der Waals surface area (Å²) in [5.74, 6) is 0. The highest BCUT2D eigenvalue weighted by atomic mass is 32.2. The van der Waals surface area contributed by atoms with Crippen molar-refractivity contribution in [1.29, 1.82) is 0 Å². The molecule has 7 nitrogen and oxygen atoms in total. The zero-order chi connectivity index (χ0) is 11.4. The first-order valence-corrected chi connectivity index (χ1v) is 7.13. The second-order valence-corrected chi connectivity index (χ2v) is 6.03. The quantitative estimate of drug-likeness (QED) is 0.432. The Kier molecular flexibility index (Phi) is 4.65. The molecule has 0 rings (SSSR count). The van der Waals surface area contributed by atoms with E-state index >= 15 is 0 Å². The summed E-state index contributed by atoms with van der Waals surface area (Å²) in [6.07, 6.45) is 0.526. The summed E-state index contributed by atoms with van der Waals surface area (Å²) in [6, 6.07) is 0. The van der Waals surface area contributed by atoms with Crippen LogP contribution < -0.4 is 4.72 Å². The molecular formula is C5H11NO6S2. The van der Waals surface area contributed by atoms with E-state index in [9.17, 15) is 21.6 Å². The van der Waals surface area contributed by atoms with Gasteiger partial charge in [0.1, 0.15) is 6.10 Å². The number of hydrogen-bond donors (Lipinski definition) is 1. The Morgan fingerprint density at radius 3 is 2.07 bits per heavy atom. The highest BCUT2D eigenvalue weighted by molar-refractivity contribution is 7.88. The van der Waals surface area contributed by atoms with Gasteiger partial charge in [0.15, 0.2) is 6.29 Å². The van der Waals surface area contributed by atoms with Gasteiger partial charge in [0.05, 0.1) is 12.5 Å². The molecule has 0 amide bonds. The molecule has 0 aromatic heterocycles. The van der Waals surface area contributed by atoms with Gasteiger partial charge in [-0.15, -0.1) is 0 Å². The first-order valence-electron chi connectivity index (χ1n) is 3.42. The van der Waals surface area contributed by atoms with E-state index < -0.39 is 32.8 Å². The fourth-order valence-electron chi connectivity index (χ4n) is 0.563. The van der Waals surface area contributed by atoms with Crippen LogP contribution in [0.15, 0.2) is 0 Å². The van der Waals surface area contributed by atoms with Gasteiger partial charge in [0.25, 0.3) is 10.1 Å². The van der Waals surface area contributed by atoms with Crippen molar-refractivity contribution < 1.29 is 25.8 Å². The largest absolute Gasteiger partial charge is 0.300 e. The lowest BCUT2D eigenvalue weighted by molar-refractivity contribution is -0.113. The molecule has 0 aliphatic rings. The molecular weight excluding hydrogens is 234 g/mol. The van der Waals surface area contributed by atoms with Crippen molar-refractivity contribution >= 4 is 26.4 Å². The van der Waals surface area contributed by atoms with Gasteiger partial charge in [-0.3, -0.25) is 4.18 Å². The van der Waals surface area contributed by atoms with E-state index in [0.29, 0.717) is 0 Å². The Hall–Kier alpha value is -0.510. The Bertz CT molecular complexity index is 382. The van der Waals surface area contributed by atoms with Crippen molar-refractivity contribution in [2.75, 3.05) is 19.1 Å². The molecule has 0 aromatic carbocycles. The second-order valence-electron chi connectivity index (χ2n) is 2.60. The zero-order valence-electron chi connectivity index (χ0n) is 7.63. The van der Waals surface area contributed by atoms with E-state index in [0.717, 1.165) is 12.5 Å². The summed E-state index contributed by atoms with van der Waals surface area (Å²) in [4.78, 5) is 10.3. The van der Waals surface area contributed by atoms with Crippen molar-refractivity contribution in [3.63, 3.8) is 0 Å². The number of aldehydes is 1. The molecule has 0 aliphatic carbocycles. The van der Waals surface area contributed by atoms with Crippen LogP contribution in [0, 0.1) is 0 Å². The smallest absolute Gasteiger partial charge is 0.265 e. The molecule has 0 aliphatic heterocycles. The van der Waals surface area contributed by atoms with Gasteiger partial charge in [-0.05, 0) is 0 Å². The topological polar surface area (TPSA) is 107 Å². The third-order valence-electron chi connectivity index (χ3n) is 0.997. The predicted octanol–water partition coefficient (Wildman–Crippen LogP) is -1.92. The molecule has 0 heterocycles. The number of carbonyl (C=O) groups is 1. The third-order valence-corrected chi connectivity index (χ3v) is 2.28. The monoisotopic (exact) mass is 245 g/mol. The van der Waals surface area contributed by atoms with E-state index in [-0.39, 0.29) is 6.29 Å². The Balaban J connectivity index is 4.26. The van der Waals surface area contributed by atoms with Crippen molar-refractivity contribution in [2.24, 2.45) is 0 Å². The van der Waals surface area contributed by atoms with Gasteiger partial charge in [-0.1, -0.05) is 0 Å². The van der Waals surface area contributed by atoms with Crippen molar-refractivity contribution in [2.45, 2.75) is 6.10 Å². The van der Waals surface area contributed by atoms with Gasteiger partial charge in [-0.2, -0.15) is 8.42 Å². The number of nitrogens with one attached hydrogen (secondary N) is 1. The Morgan fingerprint density at radius 1 is 1.29 bits per heavy atom. The lowest BCUT2D eigenvalue weighted by atomic mass is 10.4. The van der Waals surface area contributed by atoms with E-state index in [1.54, 1.807) is 0 Å². The second kappa shape index (κ2) is 4.82. The van der Waals surface area contributed by atoms with Gasteiger partial charge in [0.2, 0.25) is 10.0 Å². The molecule has 0 spiro atoms. The summed E-state index contributed by atoms with van der Waals surface area (Å²) in [5, 5.41) is 0. The summed E-state index contributed by atoms with van der Waals surface area (Å²) in [6.45, 7) is -0.407. The van der Waals surface area contributed by atoms with Gasteiger partial charge in [0, 0.05) is 6.54 Å². The van der Waals surface area contributed by atoms with Gasteiger partial charge < -0.3 is 4.79 Å². The van der Waals surface area contributed by atoms with Crippen LogP contribution in [0.25, 0.3) is 0 Å². The van der Waals surface area contributed by atoms with Crippen LogP contribution in [-0.2, 0) is 29.1 Å². The fraction of sp³-hybridized carbons (Fsp3) is 0.800. The highest BCUT2D eigenvalue weighted by Gasteiger charge is 2.16. The summed E-state index contributed by atoms with van der Waals surface area (Å²) >= 11 is 0. The van der Waals surface area contributed by atoms with Crippen LogP contribution in [0.4, 0.5) is 0 Å². The molecule has 1 unspecified atom stereocenters. The average molecular weight is 245 g/mol. The van der Waals surface area contributed by atoms with Crippen LogP contribution in [0.2, 0.25) is 0 Å². The molecule has 0 bridgehead atoms. The summed E-state index contributed by atoms with van der Waals surface area (Å²) in [7, 11) is -7.24. The number of sulfonamides is 1. The lowest BCUT2D eigenvalue weighted by Gasteiger charge is -2.09. The Morgan fingerprint density at radius 2 is 1.79 bits per heavy atom. The molecule has 14 heavy (non-hydrogen) atoms. The maximum absolute atomic E-state index is 10.6. The predicted molar refractivity (Wildman–Crippen MR) is 48.6 cm³/mol. The van der Waals surface area contributed by atoms with Crippen LogP contribution in [0.3, 0.4) is 0 Å². The fourth-order valence-corrected chi connectivity index (χ4v) is 1.59. The van der Waals surface area contributed by atoms with Gasteiger partial charge >= 0.3 is 0 Å². The molecule has 0 aromatic rings. The lowest BCUT2D eigenvalue weighted by Crippen LogP contribution is -2.35. The van der Waals surface area contributed by atoms with Crippen LogP contribution in [-0.4, -0.2) is 48.3 Å². The van der Waals surface area contributed by atoms with E-state index in [4.69, 9.17) is 0 Å². The number of carbonyl (C=O) groups excluding carboxylic acids is 1. The van der Waals surface area contributed by atoms with Crippen LogP contribution >= 0.6 is 0 Å². The minimum atomic E-state index is -3.77. The normalized spacial score (nSPS) is 15.0. The highest BCUT2D eigenvalue weighted by Crippen LogP contribution is 1.94. The van der Waals surface area contributed by atoms with Gasteiger partial charge in [-0.25, -0.2) is 13.1 Å². The van der Waals surface area contributed by atoms with E-state index in [2.05, 4.69) is 4.18 Å². The molecule has 1 atom stereocenters. The first kappa shape index (κ1) is 13.5. The zero-order valence-corrected chi connectivity index (χ0v) is 9.26. The Labute approximate surface area is 82.6 Å². The van der Waals surface area contributed by atoms with Crippen molar-refractivity contribution in [3.8, 4) is 0 Å². The third kappa shape index (κ3) is 8.10. The molecule has 0 radical (unpaired) electrons. The molecule has 9 heteroatoms. The average Bonchev–Trinajstić information content (AvgIpc) is 1.94. The van der Waals surface area contributed by atoms with Crippen LogP contribution in [0.5, 0.6) is 0 Å². The molecule has 0 saturated carbocycles. The SMILES string of the molecule is CS(=O)(=O)NCC(C=O)OS(C)(=O)=O. The number of hydrogen-bond acceptors (Lipinski definition) is 6. The molecule has 1 N–H and O–H groups in total. The standard InChI is InChI=1S/C5H11NO6S2/c1-13(8,9)6-3-5(4-7)12-14(2,10)11/h4-6H,3H2,1-2H3.